The molecular weight excluding hydrogens is 426 g/mol. The van der Waals surface area contributed by atoms with Gasteiger partial charge in [-0.15, -0.1) is 0 Å². The number of hydrogen-bond acceptors (Lipinski definition) is 9. The second-order valence-electron chi connectivity index (χ2n) is 8.07. The number of aliphatic hydroxyl groups excluding tert-OH is 3. The zero-order chi connectivity index (χ0) is 22.9. The fourth-order valence-electron chi connectivity index (χ4n) is 4.05. The Bertz CT molecular complexity index is 1240. The average Bonchev–Trinajstić information content (AvgIpc) is 3.53. The number of ether oxygens (including phenoxy) is 1. The molecule has 5 N–H and O–H groups in total. The summed E-state index contributed by atoms with van der Waals surface area (Å²) in [5, 5.41) is 34.3. The lowest BCUT2D eigenvalue weighted by Gasteiger charge is -2.16. The maximum atomic E-state index is 10.4. The summed E-state index contributed by atoms with van der Waals surface area (Å²) in [5.41, 5.74) is 8.80. The molecule has 4 aromatic rings. The van der Waals surface area contributed by atoms with Crippen molar-refractivity contribution in [3.63, 3.8) is 0 Å². The normalized spacial score (nSPS) is 22.9. The van der Waals surface area contributed by atoms with Gasteiger partial charge in [0.05, 0.1) is 24.7 Å². The van der Waals surface area contributed by atoms with Crippen molar-refractivity contribution in [3.8, 4) is 11.4 Å². The van der Waals surface area contributed by atoms with E-state index < -0.39 is 31.1 Å². The second kappa shape index (κ2) is 8.87. The van der Waals surface area contributed by atoms with E-state index in [1.165, 1.54) is 16.5 Å². The minimum atomic E-state index is -1.26. The van der Waals surface area contributed by atoms with Gasteiger partial charge in [0.2, 0.25) is 0 Å². The lowest BCUT2D eigenvalue weighted by atomic mass is 10.1. The van der Waals surface area contributed by atoms with Crippen molar-refractivity contribution in [3.05, 3.63) is 54.6 Å². The molecule has 4 atom stereocenters. The number of nitrogens with zero attached hydrogens (tertiary/aromatic N) is 6. The first-order chi connectivity index (χ1) is 16.0. The minimum absolute atomic E-state index is 0.178. The number of imidazole rings is 1. The molecule has 1 aliphatic rings. The number of nitrogens with two attached hydrogens (primary N) is 1. The number of nitrogen functional groups attached to an aromatic ring is 1. The lowest BCUT2D eigenvalue weighted by Crippen LogP contribution is -2.33. The Balaban J connectivity index is 1.38. The predicted molar refractivity (Wildman–Crippen MR) is 119 cm³/mol. The molecule has 0 amide bonds. The molecular formula is C22H25N7O4. The molecule has 0 bridgehead atoms. The average molecular weight is 451 g/mol. The Morgan fingerprint density at radius 1 is 1.09 bits per heavy atom. The number of rotatable bonds is 7. The Morgan fingerprint density at radius 3 is 2.67 bits per heavy atom. The van der Waals surface area contributed by atoms with Crippen molar-refractivity contribution < 1.29 is 20.1 Å². The van der Waals surface area contributed by atoms with Gasteiger partial charge in [-0.1, -0.05) is 30.3 Å². The van der Waals surface area contributed by atoms with E-state index in [1.807, 2.05) is 29.1 Å². The number of aryl methyl sites for hydroxylation is 2. The molecule has 0 saturated carbocycles. The topological polar surface area (TPSA) is 157 Å². The van der Waals surface area contributed by atoms with Gasteiger partial charge < -0.3 is 25.8 Å². The highest BCUT2D eigenvalue weighted by atomic mass is 16.6. The summed E-state index contributed by atoms with van der Waals surface area (Å²) in [7, 11) is 0. The zero-order valence-corrected chi connectivity index (χ0v) is 17.8. The van der Waals surface area contributed by atoms with Crippen LogP contribution >= 0.6 is 0 Å². The van der Waals surface area contributed by atoms with E-state index in [-0.39, 0.29) is 5.82 Å². The van der Waals surface area contributed by atoms with E-state index in [4.69, 9.17) is 10.5 Å². The highest BCUT2D eigenvalue weighted by Crippen LogP contribution is 2.32. The van der Waals surface area contributed by atoms with Crippen LogP contribution in [0.25, 0.3) is 22.6 Å². The summed E-state index contributed by atoms with van der Waals surface area (Å²) in [6.45, 7) is 0.320. The van der Waals surface area contributed by atoms with Crippen molar-refractivity contribution >= 4 is 17.0 Å². The van der Waals surface area contributed by atoms with Crippen LogP contribution in [0.3, 0.4) is 0 Å². The van der Waals surface area contributed by atoms with Gasteiger partial charge in [0.15, 0.2) is 23.5 Å². The monoisotopic (exact) mass is 451 g/mol. The van der Waals surface area contributed by atoms with E-state index in [9.17, 15) is 15.3 Å². The van der Waals surface area contributed by atoms with Gasteiger partial charge in [-0.25, -0.2) is 15.0 Å². The molecule has 172 valence electrons. The summed E-state index contributed by atoms with van der Waals surface area (Å²) < 4.78 is 8.94. The van der Waals surface area contributed by atoms with Crippen molar-refractivity contribution in [2.75, 3.05) is 12.3 Å². The minimum Gasteiger partial charge on any atom is -0.394 e. The van der Waals surface area contributed by atoms with Crippen molar-refractivity contribution in [1.29, 1.82) is 0 Å². The van der Waals surface area contributed by atoms with Crippen LogP contribution in [0, 0.1) is 0 Å². The molecule has 1 fully saturated rings. The molecule has 1 saturated heterocycles. The molecule has 33 heavy (non-hydrogen) atoms. The van der Waals surface area contributed by atoms with Gasteiger partial charge in [-0.3, -0.25) is 9.25 Å². The quantitative estimate of drug-likeness (QED) is 0.314. The largest absolute Gasteiger partial charge is 0.394 e. The van der Waals surface area contributed by atoms with Crippen molar-refractivity contribution in [1.82, 2.24) is 29.3 Å². The van der Waals surface area contributed by atoms with Crippen LogP contribution in [0.15, 0.2) is 49.1 Å². The van der Waals surface area contributed by atoms with Crippen LogP contribution in [0.4, 0.5) is 5.82 Å². The van der Waals surface area contributed by atoms with Crippen molar-refractivity contribution in [2.45, 2.75) is 43.9 Å². The summed E-state index contributed by atoms with van der Waals surface area (Å²) >= 11 is 0. The SMILES string of the molecule is Nc1nc(-c2cnn(CCCc3ccccc3)c2)nc2c1ncn2C1OC(CO)C(O)[C@H]1O. The molecule has 4 heterocycles. The highest BCUT2D eigenvalue weighted by Gasteiger charge is 2.44. The number of hydrogen-bond donors (Lipinski definition) is 4. The first-order valence-electron chi connectivity index (χ1n) is 10.7. The third kappa shape index (κ3) is 4.07. The molecule has 0 aliphatic carbocycles. The number of aromatic nitrogens is 6. The number of anilines is 1. The van der Waals surface area contributed by atoms with Gasteiger partial charge in [0.1, 0.15) is 23.8 Å². The van der Waals surface area contributed by atoms with Gasteiger partial charge in [0.25, 0.3) is 0 Å². The Hall–Kier alpha value is -3.38. The molecule has 1 aromatic carbocycles. The van der Waals surface area contributed by atoms with E-state index in [0.717, 1.165) is 19.4 Å². The second-order valence-corrected chi connectivity index (χ2v) is 8.07. The Labute approximate surface area is 189 Å². The maximum Gasteiger partial charge on any atom is 0.168 e. The molecule has 11 nitrogen and oxygen atoms in total. The van der Waals surface area contributed by atoms with E-state index in [2.05, 4.69) is 32.2 Å². The smallest absolute Gasteiger partial charge is 0.168 e. The summed E-state index contributed by atoms with van der Waals surface area (Å²) in [6, 6.07) is 10.3. The number of fused-ring (bicyclic) bond motifs is 1. The summed E-state index contributed by atoms with van der Waals surface area (Å²) in [4.78, 5) is 13.2. The molecule has 0 radical (unpaired) electrons. The third-order valence-electron chi connectivity index (χ3n) is 5.83. The molecule has 3 unspecified atom stereocenters. The van der Waals surface area contributed by atoms with Gasteiger partial charge in [-0.2, -0.15) is 5.10 Å². The zero-order valence-electron chi connectivity index (χ0n) is 17.8. The van der Waals surface area contributed by atoms with Crippen LogP contribution in [-0.4, -0.2) is 69.5 Å². The molecule has 11 heteroatoms. The standard InChI is InChI=1S/C22H25N7O4/c23-19-16-21(29(12-24-16)22-18(32)17(31)15(11-30)33-22)27-20(26-19)14-9-25-28(10-14)8-4-7-13-5-2-1-3-6-13/h1-3,5-6,9-10,12,15,17-18,22,30-32H,4,7-8,11H2,(H2,23,26,27)/t15?,17?,18-,22?/m1/s1. The van der Waals surface area contributed by atoms with Gasteiger partial charge in [0, 0.05) is 12.7 Å². The Kier molecular flexibility index (Phi) is 5.77. The fourth-order valence-corrected chi connectivity index (χ4v) is 4.05. The highest BCUT2D eigenvalue weighted by molar-refractivity contribution is 5.83. The van der Waals surface area contributed by atoms with Gasteiger partial charge >= 0.3 is 0 Å². The Morgan fingerprint density at radius 2 is 1.91 bits per heavy atom. The fraction of sp³-hybridized carbons (Fsp3) is 0.364. The van der Waals surface area contributed by atoms with Crippen LogP contribution in [0.5, 0.6) is 0 Å². The number of aliphatic hydroxyl groups is 3. The first-order valence-corrected chi connectivity index (χ1v) is 10.7. The lowest BCUT2D eigenvalue weighted by molar-refractivity contribution is -0.0511. The molecule has 3 aromatic heterocycles. The van der Waals surface area contributed by atoms with Crippen LogP contribution in [0.1, 0.15) is 18.2 Å². The van der Waals surface area contributed by atoms with Crippen molar-refractivity contribution in [2.24, 2.45) is 0 Å². The summed E-state index contributed by atoms with van der Waals surface area (Å²) in [5.74, 6) is 0.542. The first kappa shape index (κ1) is 21.5. The maximum absolute atomic E-state index is 10.4. The van der Waals surface area contributed by atoms with Crippen LogP contribution < -0.4 is 5.73 Å². The molecule has 1 aliphatic heterocycles. The molecule has 0 spiro atoms. The van der Waals surface area contributed by atoms with E-state index in [0.29, 0.717) is 22.6 Å². The van der Waals surface area contributed by atoms with E-state index in [1.54, 1.807) is 6.20 Å². The molecule has 5 rings (SSSR count). The number of benzene rings is 1. The van der Waals surface area contributed by atoms with E-state index >= 15 is 0 Å². The van der Waals surface area contributed by atoms with Crippen LogP contribution in [-0.2, 0) is 17.7 Å². The third-order valence-corrected chi connectivity index (χ3v) is 5.83. The van der Waals surface area contributed by atoms with Gasteiger partial charge in [-0.05, 0) is 18.4 Å². The van der Waals surface area contributed by atoms with Crippen LogP contribution in [0.2, 0.25) is 0 Å². The predicted octanol–water partition coefficient (Wildman–Crippen LogP) is 0.516. The summed E-state index contributed by atoms with van der Waals surface area (Å²) in [6.07, 6.45) is 2.49.